The van der Waals surface area contributed by atoms with Gasteiger partial charge in [-0.2, -0.15) is 13.2 Å². The van der Waals surface area contributed by atoms with Crippen LogP contribution in [0.4, 0.5) is 32.0 Å². The number of alkyl halides is 6. The van der Waals surface area contributed by atoms with Crippen molar-refractivity contribution < 1.29 is 40.6 Å². The number of carbonyl (C=O) groups excluding carboxylic acids is 1. The van der Waals surface area contributed by atoms with Crippen LogP contribution in [0.1, 0.15) is 45.2 Å². The van der Waals surface area contributed by atoms with Crippen molar-refractivity contribution in [2.45, 2.75) is 46.9 Å². The Labute approximate surface area is 228 Å². The topological polar surface area (TPSA) is 42.0 Å². The summed E-state index contributed by atoms with van der Waals surface area (Å²) in [5.41, 5.74) is 1.10. The lowest BCUT2D eigenvalue weighted by molar-refractivity contribution is -0.141. The van der Waals surface area contributed by atoms with Gasteiger partial charge >= 0.3 is 12.1 Å². The van der Waals surface area contributed by atoms with Crippen LogP contribution in [0.5, 0.6) is 5.75 Å². The molecule has 224 valence electrons. The number of piperazine rings is 1. The number of ether oxygens (including phenoxy) is 2. The van der Waals surface area contributed by atoms with Crippen LogP contribution in [-0.4, -0.2) is 64.8 Å². The fourth-order valence-corrected chi connectivity index (χ4v) is 3.29. The molecule has 0 aromatic heterocycles. The summed E-state index contributed by atoms with van der Waals surface area (Å²) in [5, 5.41) is 0. The van der Waals surface area contributed by atoms with E-state index in [-0.39, 0.29) is 12.6 Å². The van der Waals surface area contributed by atoms with E-state index in [1.54, 1.807) is 0 Å². The molecule has 5 nitrogen and oxygen atoms in total. The minimum absolute atomic E-state index is 0.190. The Balaban J connectivity index is 0. The maximum absolute atomic E-state index is 12.6. The van der Waals surface area contributed by atoms with Crippen LogP contribution >= 0.6 is 0 Å². The fraction of sp³-hybridized carbons (Fsp3) is 0.536. The largest absolute Gasteiger partial charge is 0.489 e. The average molecular weight is 569 g/mol. The summed E-state index contributed by atoms with van der Waals surface area (Å²) in [7, 11) is 1.90. The van der Waals surface area contributed by atoms with Crippen LogP contribution < -0.4 is 9.64 Å². The van der Waals surface area contributed by atoms with Gasteiger partial charge in [0, 0.05) is 38.4 Å². The summed E-state index contributed by atoms with van der Waals surface area (Å²) < 4.78 is 77.0. The van der Waals surface area contributed by atoms with E-state index in [9.17, 15) is 31.1 Å². The van der Waals surface area contributed by atoms with Crippen molar-refractivity contribution in [3.8, 4) is 5.75 Å². The van der Waals surface area contributed by atoms with E-state index in [2.05, 4.69) is 14.5 Å². The third-order valence-electron chi connectivity index (χ3n) is 5.12. The first-order valence-corrected chi connectivity index (χ1v) is 12.7. The molecule has 0 bridgehead atoms. The molecule has 0 spiro atoms. The van der Waals surface area contributed by atoms with E-state index in [0.29, 0.717) is 31.5 Å². The Morgan fingerprint density at radius 2 is 1.33 bits per heavy atom. The summed E-state index contributed by atoms with van der Waals surface area (Å²) in [5.74, 6) is 0.472. The highest BCUT2D eigenvalue weighted by molar-refractivity contribution is 5.69. The molecular weight excluding hydrogens is 526 g/mol. The van der Waals surface area contributed by atoms with E-state index in [1.807, 2.05) is 52.0 Å². The van der Waals surface area contributed by atoms with Gasteiger partial charge in [-0.1, -0.05) is 39.8 Å². The van der Waals surface area contributed by atoms with Crippen molar-refractivity contribution in [3.63, 3.8) is 0 Å². The summed E-state index contributed by atoms with van der Waals surface area (Å²) in [6, 6.07) is 12.7. The number of carbonyl (C=O) groups is 1. The molecule has 1 saturated heterocycles. The van der Waals surface area contributed by atoms with Gasteiger partial charge in [0.05, 0.1) is 26.3 Å². The standard InChI is InChI=1S/C22H25F3N2O3.2C2H6.CH2F2.CH3F/c1-29-21(28)10-11-26-12-14-27(15-13-26)19-6-8-20(9-7-19)30-16-17-2-4-18(5-3-17)22(23,24)25;2*1-2;2-1-3;1-2/h2-9H,10-16H2,1H3;2*1-2H3;1H2;1H3. The average Bonchev–Trinajstić information content (AvgIpc) is 2.98. The molecule has 0 atom stereocenters. The van der Waals surface area contributed by atoms with E-state index in [0.717, 1.165) is 44.0 Å². The zero-order valence-corrected chi connectivity index (χ0v) is 23.7. The predicted octanol–water partition coefficient (Wildman–Crippen LogP) is 7.49. The van der Waals surface area contributed by atoms with Crippen LogP contribution in [0.15, 0.2) is 48.5 Å². The highest BCUT2D eigenvalue weighted by atomic mass is 19.4. The summed E-state index contributed by atoms with van der Waals surface area (Å²) >= 11 is 0. The molecule has 0 saturated carbocycles. The molecule has 0 aliphatic carbocycles. The minimum atomic E-state index is -4.33. The summed E-state index contributed by atoms with van der Waals surface area (Å²) in [6.07, 6.45) is -3.93. The lowest BCUT2D eigenvalue weighted by Crippen LogP contribution is -2.46. The molecule has 1 heterocycles. The Bertz CT molecular complexity index is 842. The van der Waals surface area contributed by atoms with E-state index >= 15 is 0 Å². The Kier molecular flexibility index (Phi) is 22.5. The minimum Gasteiger partial charge on any atom is -0.489 e. The summed E-state index contributed by atoms with van der Waals surface area (Å²) in [4.78, 5) is 15.8. The predicted molar refractivity (Wildman–Crippen MR) is 144 cm³/mol. The van der Waals surface area contributed by atoms with Crippen molar-refractivity contribution in [2.24, 2.45) is 0 Å². The van der Waals surface area contributed by atoms with Gasteiger partial charge in [-0.05, 0) is 42.0 Å². The highest BCUT2D eigenvalue weighted by Gasteiger charge is 2.29. The van der Waals surface area contributed by atoms with Crippen molar-refractivity contribution in [1.29, 1.82) is 0 Å². The first-order chi connectivity index (χ1) is 18.8. The molecule has 0 unspecified atom stereocenters. The number of esters is 1. The first kappa shape index (κ1) is 38.2. The maximum atomic E-state index is 12.6. The van der Waals surface area contributed by atoms with Gasteiger partial charge in [0.2, 0.25) is 6.93 Å². The second-order valence-corrected chi connectivity index (χ2v) is 7.23. The fourth-order valence-electron chi connectivity index (χ4n) is 3.29. The molecule has 1 aliphatic rings. The monoisotopic (exact) mass is 568 g/mol. The van der Waals surface area contributed by atoms with Crippen LogP contribution in [-0.2, 0) is 22.3 Å². The van der Waals surface area contributed by atoms with Crippen LogP contribution in [0.3, 0.4) is 0 Å². The van der Waals surface area contributed by atoms with Crippen LogP contribution in [0, 0.1) is 0 Å². The van der Waals surface area contributed by atoms with Crippen molar-refractivity contribution in [1.82, 2.24) is 4.90 Å². The van der Waals surface area contributed by atoms with E-state index in [4.69, 9.17) is 4.74 Å². The number of benzene rings is 2. The number of hydrogen-bond donors (Lipinski definition) is 0. The number of hydrogen-bond acceptors (Lipinski definition) is 5. The zero-order chi connectivity index (χ0) is 30.3. The van der Waals surface area contributed by atoms with Gasteiger partial charge < -0.3 is 14.4 Å². The molecule has 2 aromatic rings. The highest BCUT2D eigenvalue weighted by Crippen LogP contribution is 2.29. The molecule has 11 heteroatoms. The molecule has 1 aliphatic heterocycles. The molecule has 0 radical (unpaired) electrons. The van der Waals surface area contributed by atoms with Crippen molar-refractivity contribution in [2.75, 3.05) is 58.8 Å². The molecule has 0 N–H and O–H groups in total. The number of halogens is 6. The molecule has 0 amide bonds. The van der Waals surface area contributed by atoms with E-state index in [1.165, 1.54) is 19.2 Å². The third-order valence-corrected chi connectivity index (χ3v) is 5.12. The third kappa shape index (κ3) is 15.9. The Morgan fingerprint density at radius 1 is 0.846 bits per heavy atom. The van der Waals surface area contributed by atoms with Gasteiger partial charge in [0.1, 0.15) is 12.4 Å². The number of methoxy groups -OCH3 is 1. The molecule has 2 aromatic carbocycles. The van der Waals surface area contributed by atoms with Gasteiger partial charge in [-0.25, -0.2) is 8.78 Å². The quantitative estimate of drug-likeness (QED) is 0.256. The SMILES string of the molecule is CC.CC.CF.COC(=O)CCN1CCN(c2ccc(OCc3ccc(C(F)(F)F)cc3)cc2)CC1.FCF. The van der Waals surface area contributed by atoms with Crippen molar-refractivity contribution in [3.05, 3.63) is 59.7 Å². The van der Waals surface area contributed by atoms with Gasteiger partial charge in [-0.3, -0.25) is 14.1 Å². The maximum Gasteiger partial charge on any atom is 0.416 e. The number of nitrogens with zero attached hydrogens (tertiary/aromatic N) is 2. The van der Waals surface area contributed by atoms with Crippen molar-refractivity contribution >= 4 is 11.7 Å². The first-order valence-electron chi connectivity index (χ1n) is 12.7. The Morgan fingerprint density at radius 3 is 1.77 bits per heavy atom. The normalized spacial score (nSPS) is 12.6. The lowest BCUT2D eigenvalue weighted by Gasteiger charge is -2.36. The second kappa shape index (κ2) is 23.0. The van der Waals surface area contributed by atoms with Gasteiger partial charge in [-0.15, -0.1) is 0 Å². The number of rotatable bonds is 7. The molecule has 1 fully saturated rings. The smallest absolute Gasteiger partial charge is 0.416 e. The lowest BCUT2D eigenvalue weighted by atomic mass is 10.1. The van der Waals surface area contributed by atoms with Gasteiger partial charge in [0.25, 0.3) is 0 Å². The van der Waals surface area contributed by atoms with E-state index < -0.39 is 18.7 Å². The zero-order valence-electron chi connectivity index (χ0n) is 23.7. The molecule has 39 heavy (non-hydrogen) atoms. The number of anilines is 1. The summed E-state index contributed by atoms with van der Waals surface area (Å²) in [6.45, 7) is 10.7. The second-order valence-electron chi connectivity index (χ2n) is 7.23. The van der Waals surface area contributed by atoms with Crippen LogP contribution in [0.25, 0.3) is 0 Å². The Hall–Kier alpha value is -2.95. The van der Waals surface area contributed by atoms with Crippen LogP contribution in [0.2, 0.25) is 0 Å². The molecular formula is C28H42F6N2O3. The molecule has 3 rings (SSSR count). The van der Waals surface area contributed by atoms with Gasteiger partial charge in [0.15, 0.2) is 0 Å².